The highest BCUT2D eigenvalue weighted by atomic mass is 35.5. The third kappa shape index (κ3) is 3.79. The first kappa shape index (κ1) is 15.0. The van der Waals surface area contributed by atoms with E-state index >= 15 is 0 Å². The van der Waals surface area contributed by atoms with Crippen LogP contribution in [0.5, 0.6) is 0 Å². The monoisotopic (exact) mass is 332 g/mol. The molecule has 104 valence electrons. The number of rotatable bonds is 2. The van der Waals surface area contributed by atoms with E-state index in [1.54, 1.807) is 0 Å². The van der Waals surface area contributed by atoms with Gasteiger partial charge in [0.15, 0.2) is 5.11 Å². The highest BCUT2D eigenvalue weighted by Crippen LogP contribution is 2.21. The van der Waals surface area contributed by atoms with E-state index in [1.165, 1.54) is 36.4 Å². The van der Waals surface area contributed by atoms with Crippen molar-refractivity contribution in [2.75, 3.05) is 10.6 Å². The molecule has 2 aromatic rings. The topological polar surface area (TPSA) is 24.1 Å². The van der Waals surface area contributed by atoms with Crippen LogP contribution in [-0.4, -0.2) is 5.11 Å². The smallest absolute Gasteiger partial charge is 0.175 e. The lowest BCUT2D eigenvalue weighted by Gasteiger charge is -2.11. The van der Waals surface area contributed by atoms with Crippen molar-refractivity contribution in [2.24, 2.45) is 0 Å². The summed E-state index contributed by atoms with van der Waals surface area (Å²) < 4.78 is 26.6. The lowest BCUT2D eigenvalue weighted by atomic mass is 10.3. The van der Waals surface area contributed by atoms with Crippen molar-refractivity contribution in [2.45, 2.75) is 0 Å². The summed E-state index contributed by atoms with van der Waals surface area (Å²) in [5, 5.41) is 5.84. The van der Waals surface area contributed by atoms with Crippen molar-refractivity contribution in [1.29, 1.82) is 0 Å². The number of nitrogens with one attached hydrogen (secondary N) is 2. The molecular formula is C13H8Cl2F2N2S. The minimum atomic E-state index is -0.529. The molecule has 20 heavy (non-hydrogen) atoms. The zero-order valence-corrected chi connectivity index (χ0v) is 12.2. The zero-order valence-electron chi connectivity index (χ0n) is 9.88. The minimum absolute atomic E-state index is 0.0320. The summed E-state index contributed by atoms with van der Waals surface area (Å²) >= 11 is 16.3. The molecule has 0 heterocycles. The molecule has 0 radical (unpaired) electrons. The highest BCUT2D eigenvalue weighted by Gasteiger charge is 2.06. The zero-order chi connectivity index (χ0) is 14.7. The van der Waals surface area contributed by atoms with Crippen molar-refractivity contribution in [3.8, 4) is 0 Å². The third-order valence-corrected chi connectivity index (χ3v) is 3.09. The van der Waals surface area contributed by atoms with E-state index in [-0.39, 0.29) is 20.8 Å². The number of thiocarbonyl (C=S) groups is 1. The van der Waals surface area contributed by atoms with Gasteiger partial charge in [-0.05, 0) is 48.6 Å². The van der Waals surface area contributed by atoms with E-state index in [9.17, 15) is 8.78 Å². The van der Waals surface area contributed by atoms with Gasteiger partial charge in [0, 0.05) is 10.7 Å². The van der Waals surface area contributed by atoms with Gasteiger partial charge in [0.05, 0.1) is 10.7 Å². The fraction of sp³-hybridized carbons (Fsp3) is 0. The molecule has 0 aliphatic carbocycles. The Balaban J connectivity index is 2.07. The van der Waals surface area contributed by atoms with E-state index in [1.807, 2.05) is 0 Å². The van der Waals surface area contributed by atoms with Crippen LogP contribution in [0.2, 0.25) is 10.0 Å². The van der Waals surface area contributed by atoms with Gasteiger partial charge < -0.3 is 10.6 Å². The Morgan fingerprint density at radius 2 is 1.70 bits per heavy atom. The fourth-order valence-corrected chi connectivity index (χ4v) is 2.02. The summed E-state index contributed by atoms with van der Waals surface area (Å²) in [6, 6.07) is 8.21. The van der Waals surface area contributed by atoms with Crippen molar-refractivity contribution < 1.29 is 8.78 Å². The van der Waals surface area contributed by atoms with E-state index in [0.29, 0.717) is 5.69 Å². The van der Waals surface area contributed by atoms with Crippen LogP contribution in [0.25, 0.3) is 0 Å². The van der Waals surface area contributed by atoms with Gasteiger partial charge in [-0.1, -0.05) is 23.2 Å². The molecule has 2 nitrogen and oxygen atoms in total. The summed E-state index contributed by atoms with van der Waals surface area (Å²) in [5.74, 6) is -1.06. The van der Waals surface area contributed by atoms with E-state index in [0.717, 1.165) is 0 Å². The van der Waals surface area contributed by atoms with Crippen LogP contribution in [0, 0.1) is 11.6 Å². The number of benzene rings is 2. The molecule has 0 bridgehead atoms. The molecule has 0 fully saturated rings. The summed E-state index contributed by atoms with van der Waals surface area (Å²) in [4.78, 5) is 0. The second-order valence-corrected chi connectivity index (χ2v) is 5.08. The van der Waals surface area contributed by atoms with Gasteiger partial charge in [-0.2, -0.15) is 0 Å². The maximum Gasteiger partial charge on any atom is 0.175 e. The van der Waals surface area contributed by atoms with Gasteiger partial charge in [-0.3, -0.25) is 0 Å². The van der Waals surface area contributed by atoms with E-state index in [2.05, 4.69) is 10.6 Å². The van der Waals surface area contributed by atoms with Crippen LogP contribution in [0.3, 0.4) is 0 Å². The number of hydrogen-bond acceptors (Lipinski definition) is 1. The standard InChI is InChI=1S/C13H8Cl2F2N2S/c14-7-1-4-12(11(17)5-7)19-13(20)18-8-2-3-10(16)9(15)6-8/h1-6H,(H2,18,19,20). The largest absolute Gasteiger partial charge is 0.332 e. The Labute approximate surface area is 129 Å². The maximum absolute atomic E-state index is 13.6. The first-order valence-electron chi connectivity index (χ1n) is 5.44. The van der Waals surface area contributed by atoms with Crippen molar-refractivity contribution in [3.05, 3.63) is 58.1 Å². The molecule has 0 aliphatic rings. The Hall–Kier alpha value is -1.43. The summed E-state index contributed by atoms with van der Waals surface area (Å²) in [7, 11) is 0. The fourth-order valence-electron chi connectivity index (χ4n) is 1.45. The maximum atomic E-state index is 13.6. The Morgan fingerprint density at radius 3 is 2.35 bits per heavy atom. The molecule has 0 saturated heterocycles. The number of anilines is 2. The second-order valence-electron chi connectivity index (χ2n) is 3.83. The van der Waals surface area contributed by atoms with Gasteiger partial charge >= 0.3 is 0 Å². The average molecular weight is 333 g/mol. The van der Waals surface area contributed by atoms with Crippen LogP contribution in [0.15, 0.2) is 36.4 Å². The Morgan fingerprint density at radius 1 is 0.950 bits per heavy atom. The first-order chi connectivity index (χ1) is 9.45. The van der Waals surface area contributed by atoms with Gasteiger partial charge in [-0.25, -0.2) is 8.78 Å². The molecule has 2 N–H and O–H groups in total. The van der Waals surface area contributed by atoms with Gasteiger partial charge in [0.25, 0.3) is 0 Å². The lowest BCUT2D eigenvalue weighted by Crippen LogP contribution is -2.19. The molecule has 0 aliphatic heterocycles. The second kappa shape index (κ2) is 6.35. The van der Waals surface area contributed by atoms with E-state index < -0.39 is 11.6 Å². The minimum Gasteiger partial charge on any atom is -0.332 e. The molecule has 7 heteroatoms. The molecule has 0 aromatic heterocycles. The van der Waals surface area contributed by atoms with Gasteiger partial charge in [-0.15, -0.1) is 0 Å². The molecule has 0 saturated carbocycles. The summed E-state index contributed by atoms with van der Waals surface area (Å²) in [6.07, 6.45) is 0. The van der Waals surface area contributed by atoms with Crippen LogP contribution >= 0.6 is 35.4 Å². The van der Waals surface area contributed by atoms with Gasteiger partial charge in [0.2, 0.25) is 0 Å². The first-order valence-corrected chi connectivity index (χ1v) is 6.60. The van der Waals surface area contributed by atoms with Crippen LogP contribution in [0.1, 0.15) is 0 Å². The molecule has 0 atom stereocenters. The quantitative estimate of drug-likeness (QED) is 0.750. The molecule has 0 spiro atoms. The van der Waals surface area contributed by atoms with Crippen molar-refractivity contribution in [3.63, 3.8) is 0 Å². The van der Waals surface area contributed by atoms with Crippen LogP contribution in [0.4, 0.5) is 20.2 Å². The number of hydrogen-bond donors (Lipinski definition) is 2. The summed E-state index contributed by atoms with van der Waals surface area (Å²) in [5.41, 5.74) is 0.670. The molecule has 2 aromatic carbocycles. The third-order valence-electron chi connectivity index (χ3n) is 2.36. The van der Waals surface area contributed by atoms with Crippen molar-refractivity contribution >= 4 is 51.9 Å². The molecule has 2 rings (SSSR count). The van der Waals surface area contributed by atoms with Crippen molar-refractivity contribution in [1.82, 2.24) is 0 Å². The van der Waals surface area contributed by atoms with Crippen LogP contribution < -0.4 is 10.6 Å². The average Bonchev–Trinajstić information content (AvgIpc) is 2.37. The highest BCUT2D eigenvalue weighted by molar-refractivity contribution is 7.80. The SMILES string of the molecule is Fc1ccc(NC(=S)Nc2ccc(Cl)cc2F)cc1Cl. The summed E-state index contributed by atoms with van der Waals surface area (Å²) in [6.45, 7) is 0. The lowest BCUT2D eigenvalue weighted by molar-refractivity contribution is 0.628. The number of halogens is 4. The Bertz CT molecular complexity index is 665. The normalized spacial score (nSPS) is 10.2. The van der Waals surface area contributed by atoms with E-state index in [4.69, 9.17) is 35.4 Å². The predicted molar refractivity (Wildman–Crippen MR) is 82.7 cm³/mol. The van der Waals surface area contributed by atoms with Crippen LogP contribution in [-0.2, 0) is 0 Å². The molecule has 0 unspecified atom stereocenters. The predicted octanol–water partition coefficient (Wildman–Crippen LogP) is 5.08. The van der Waals surface area contributed by atoms with Gasteiger partial charge in [0.1, 0.15) is 11.6 Å². The molecule has 0 amide bonds. The Kier molecular flexibility index (Phi) is 4.75. The molecular weight excluding hydrogens is 325 g/mol.